The fraction of sp³-hybridized carbons (Fsp3) is 0.389. The summed E-state index contributed by atoms with van der Waals surface area (Å²) in [4.78, 5) is 16.9. The molecule has 0 saturated carbocycles. The molecule has 0 aliphatic heterocycles. The number of thioether (sulfide) groups is 1. The van der Waals surface area contributed by atoms with Gasteiger partial charge in [0.15, 0.2) is 0 Å². The number of fused-ring (bicyclic) bond motifs is 1. The lowest BCUT2D eigenvalue weighted by Gasteiger charge is -2.28. The predicted octanol–water partition coefficient (Wildman–Crippen LogP) is 3.77. The summed E-state index contributed by atoms with van der Waals surface area (Å²) in [7, 11) is 0. The molecule has 0 aliphatic carbocycles. The van der Waals surface area contributed by atoms with Crippen LogP contribution in [-0.4, -0.2) is 21.7 Å². The number of carbonyl (C=O) groups is 1. The highest BCUT2D eigenvalue weighted by Crippen LogP contribution is 2.25. The van der Waals surface area contributed by atoms with Crippen molar-refractivity contribution in [1.82, 2.24) is 10.3 Å². The Labute approximate surface area is 141 Å². The maximum Gasteiger partial charge on any atom is 0.234 e. The van der Waals surface area contributed by atoms with Gasteiger partial charge < -0.3 is 5.32 Å². The van der Waals surface area contributed by atoms with Crippen LogP contribution in [0.5, 0.6) is 0 Å². The van der Waals surface area contributed by atoms with Crippen LogP contribution in [0.1, 0.15) is 27.7 Å². The number of amides is 1. The van der Waals surface area contributed by atoms with Gasteiger partial charge in [0.1, 0.15) is 5.54 Å². The number of pyridine rings is 1. The quantitative estimate of drug-likeness (QED) is 0.849. The molecule has 2 aromatic rings. The van der Waals surface area contributed by atoms with Crippen molar-refractivity contribution in [2.45, 2.75) is 43.5 Å². The van der Waals surface area contributed by atoms with E-state index in [4.69, 9.17) is 0 Å². The number of nitrogens with zero attached hydrogens (tertiary/aromatic N) is 2. The highest BCUT2D eigenvalue weighted by molar-refractivity contribution is 8.00. The van der Waals surface area contributed by atoms with Gasteiger partial charge in [-0.05, 0) is 31.9 Å². The first-order chi connectivity index (χ1) is 10.9. The number of hydrogen-bond donors (Lipinski definition) is 1. The Morgan fingerprint density at radius 2 is 1.96 bits per heavy atom. The van der Waals surface area contributed by atoms with Crippen LogP contribution >= 0.6 is 11.8 Å². The van der Waals surface area contributed by atoms with Crippen molar-refractivity contribution in [3.8, 4) is 6.07 Å². The molecule has 1 aromatic heterocycles. The number of nitrogens with one attached hydrogen (secondary N) is 1. The molecule has 2 atom stereocenters. The van der Waals surface area contributed by atoms with Gasteiger partial charge in [0, 0.05) is 5.39 Å². The van der Waals surface area contributed by atoms with Crippen molar-refractivity contribution in [2.75, 3.05) is 0 Å². The highest BCUT2D eigenvalue weighted by atomic mass is 32.2. The monoisotopic (exact) mass is 327 g/mol. The highest BCUT2D eigenvalue weighted by Gasteiger charge is 2.31. The van der Waals surface area contributed by atoms with E-state index in [0.29, 0.717) is 0 Å². The lowest BCUT2D eigenvalue weighted by molar-refractivity contribution is -0.121. The van der Waals surface area contributed by atoms with Crippen molar-refractivity contribution in [1.29, 1.82) is 5.26 Å². The van der Waals surface area contributed by atoms with E-state index in [1.54, 1.807) is 6.92 Å². The van der Waals surface area contributed by atoms with Gasteiger partial charge in [-0.25, -0.2) is 4.98 Å². The predicted molar refractivity (Wildman–Crippen MR) is 94.1 cm³/mol. The summed E-state index contributed by atoms with van der Waals surface area (Å²) in [5.74, 6) is -0.116. The Morgan fingerprint density at radius 3 is 2.61 bits per heavy atom. The molecule has 0 aliphatic rings. The first-order valence-electron chi connectivity index (χ1n) is 7.61. The van der Waals surface area contributed by atoms with Crippen LogP contribution < -0.4 is 5.32 Å². The minimum atomic E-state index is -0.858. The van der Waals surface area contributed by atoms with E-state index in [9.17, 15) is 10.1 Å². The summed E-state index contributed by atoms with van der Waals surface area (Å²) in [6, 6.07) is 14.0. The zero-order valence-electron chi connectivity index (χ0n) is 13.8. The van der Waals surface area contributed by atoms with Gasteiger partial charge in [-0.15, -0.1) is 0 Å². The molecule has 1 aromatic carbocycles. The Kier molecular flexibility index (Phi) is 5.27. The molecular formula is C18H21N3OS. The molecular weight excluding hydrogens is 306 g/mol. The second-order valence-corrected chi connectivity index (χ2v) is 7.42. The Hall–Kier alpha value is -2.06. The second-order valence-electron chi connectivity index (χ2n) is 6.06. The van der Waals surface area contributed by atoms with E-state index in [0.717, 1.165) is 15.9 Å². The molecule has 0 fully saturated rings. The average Bonchev–Trinajstić information content (AvgIpc) is 2.54. The molecule has 5 heteroatoms. The standard InChI is InChI=1S/C18H21N3OS/c1-12(2)18(4,11-19)21-17(22)13(3)23-16-10-9-14-7-5-6-8-15(14)20-16/h5-10,12-13H,1-4H3,(H,21,22)/t13-,18-/m1/s1. The van der Waals surface area contributed by atoms with Gasteiger partial charge >= 0.3 is 0 Å². The molecule has 120 valence electrons. The largest absolute Gasteiger partial charge is 0.337 e. The lowest BCUT2D eigenvalue weighted by Crippen LogP contribution is -2.51. The van der Waals surface area contributed by atoms with Crippen LogP contribution in [0.25, 0.3) is 10.9 Å². The molecule has 1 amide bonds. The Morgan fingerprint density at radius 1 is 1.26 bits per heavy atom. The zero-order valence-corrected chi connectivity index (χ0v) is 14.6. The molecule has 0 spiro atoms. The summed E-state index contributed by atoms with van der Waals surface area (Å²) < 4.78 is 0. The van der Waals surface area contributed by atoms with Gasteiger partial charge in [-0.1, -0.05) is 49.9 Å². The van der Waals surface area contributed by atoms with E-state index in [-0.39, 0.29) is 17.1 Å². The summed E-state index contributed by atoms with van der Waals surface area (Å²) in [6.45, 7) is 7.43. The number of rotatable bonds is 5. The maximum atomic E-state index is 12.4. The lowest BCUT2D eigenvalue weighted by atomic mass is 9.90. The maximum absolute atomic E-state index is 12.4. The van der Waals surface area contributed by atoms with Gasteiger partial charge in [-0.2, -0.15) is 5.26 Å². The number of aromatic nitrogens is 1. The van der Waals surface area contributed by atoms with E-state index in [1.807, 2.05) is 57.2 Å². The van der Waals surface area contributed by atoms with E-state index in [2.05, 4.69) is 16.4 Å². The van der Waals surface area contributed by atoms with E-state index < -0.39 is 5.54 Å². The van der Waals surface area contributed by atoms with Crippen molar-refractivity contribution in [2.24, 2.45) is 5.92 Å². The first kappa shape index (κ1) is 17.3. The van der Waals surface area contributed by atoms with Gasteiger partial charge in [-0.3, -0.25) is 4.79 Å². The summed E-state index contributed by atoms with van der Waals surface area (Å²) in [5.41, 5.74) is 0.0528. The van der Waals surface area contributed by atoms with Crippen LogP contribution in [-0.2, 0) is 4.79 Å². The molecule has 0 saturated heterocycles. The van der Waals surface area contributed by atoms with Crippen molar-refractivity contribution in [3.63, 3.8) is 0 Å². The minimum absolute atomic E-state index is 0.0347. The van der Waals surface area contributed by atoms with Crippen LogP contribution in [0.15, 0.2) is 41.4 Å². The normalized spacial score (nSPS) is 15.0. The molecule has 1 N–H and O–H groups in total. The molecule has 1 heterocycles. The topological polar surface area (TPSA) is 65.8 Å². The SMILES string of the molecule is CC(C)[C@@](C)(C#N)NC(=O)[C@@H](C)Sc1ccc2ccccc2n1. The third kappa shape index (κ3) is 4.02. The molecule has 0 unspecified atom stereocenters. The van der Waals surface area contributed by atoms with Crippen molar-refractivity contribution in [3.05, 3.63) is 36.4 Å². The van der Waals surface area contributed by atoms with Crippen molar-refractivity contribution < 1.29 is 4.79 Å². The third-order valence-corrected chi connectivity index (χ3v) is 5.05. The number of hydrogen-bond acceptors (Lipinski definition) is 4. The number of nitriles is 1. The summed E-state index contributed by atoms with van der Waals surface area (Å²) >= 11 is 1.40. The van der Waals surface area contributed by atoms with Crippen LogP contribution in [0.2, 0.25) is 0 Å². The van der Waals surface area contributed by atoms with Crippen LogP contribution in [0.3, 0.4) is 0 Å². The molecule has 23 heavy (non-hydrogen) atoms. The zero-order chi connectivity index (χ0) is 17.0. The van der Waals surface area contributed by atoms with Gasteiger partial charge in [0.25, 0.3) is 0 Å². The molecule has 0 bridgehead atoms. The number of benzene rings is 1. The summed E-state index contributed by atoms with van der Waals surface area (Å²) in [6.07, 6.45) is 0. The van der Waals surface area contributed by atoms with Gasteiger partial charge in [0.2, 0.25) is 5.91 Å². The molecule has 2 rings (SSSR count). The first-order valence-corrected chi connectivity index (χ1v) is 8.49. The smallest absolute Gasteiger partial charge is 0.234 e. The number of para-hydroxylation sites is 1. The van der Waals surface area contributed by atoms with E-state index >= 15 is 0 Å². The molecule has 4 nitrogen and oxygen atoms in total. The van der Waals surface area contributed by atoms with Crippen molar-refractivity contribution >= 4 is 28.6 Å². The van der Waals surface area contributed by atoms with Crippen LogP contribution in [0, 0.1) is 17.2 Å². The second kappa shape index (κ2) is 7.01. The van der Waals surface area contributed by atoms with E-state index in [1.165, 1.54) is 11.8 Å². The number of carbonyl (C=O) groups excluding carboxylic acids is 1. The van der Waals surface area contributed by atoms with Crippen LogP contribution in [0.4, 0.5) is 0 Å². The van der Waals surface area contributed by atoms with Gasteiger partial charge in [0.05, 0.1) is 21.9 Å². The Balaban J connectivity index is 2.09. The fourth-order valence-electron chi connectivity index (χ4n) is 2.01. The third-order valence-electron chi connectivity index (χ3n) is 4.01. The minimum Gasteiger partial charge on any atom is -0.337 e. The fourth-order valence-corrected chi connectivity index (χ4v) is 2.83. The average molecular weight is 327 g/mol. The molecule has 0 radical (unpaired) electrons. The Bertz CT molecular complexity index is 753. The summed E-state index contributed by atoms with van der Waals surface area (Å²) in [5, 5.41) is 13.7.